The maximum Gasteiger partial charge on any atom is 0.355 e. The lowest BCUT2D eigenvalue weighted by Crippen LogP contribution is -2.50. The number of carbonyl (C=O) groups is 3. The molecule has 0 atom stereocenters. The molecule has 1 saturated heterocycles. The van der Waals surface area contributed by atoms with Crippen LogP contribution in [0.3, 0.4) is 0 Å². The number of aromatic amines is 1. The number of halogens is 1. The summed E-state index contributed by atoms with van der Waals surface area (Å²) in [6.07, 6.45) is 10.3. The third kappa shape index (κ3) is 9.41. The van der Waals surface area contributed by atoms with Gasteiger partial charge in [-0.3, -0.25) is 14.4 Å². The minimum atomic E-state index is -1.18. The normalized spacial score (nSPS) is 14.2. The molecule has 8 rings (SSSR count). The summed E-state index contributed by atoms with van der Waals surface area (Å²) in [4.78, 5) is 51.6. The average molecular weight is 902 g/mol. The van der Waals surface area contributed by atoms with E-state index in [-0.39, 0.29) is 29.3 Å². The highest BCUT2D eigenvalue weighted by molar-refractivity contribution is 6.35. The van der Waals surface area contributed by atoms with Gasteiger partial charge < -0.3 is 33.8 Å². The van der Waals surface area contributed by atoms with Crippen molar-refractivity contribution in [2.75, 3.05) is 45.9 Å². The maximum absolute atomic E-state index is 14.6. The van der Waals surface area contributed by atoms with Gasteiger partial charge in [-0.15, -0.1) is 0 Å². The fraction of sp³-hybridized carbons (Fsp3) is 0.380. The molecule has 3 aromatic carbocycles. The first kappa shape index (κ1) is 45.2. The van der Waals surface area contributed by atoms with Gasteiger partial charge in [0.05, 0.1) is 28.4 Å². The molecule has 4 heterocycles. The number of imidazole rings is 1. The van der Waals surface area contributed by atoms with Gasteiger partial charge in [0, 0.05) is 74.1 Å². The van der Waals surface area contributed by atoms with E-state index in [1.165, 1.54) is 0 Å². The second-order valence-corrected chi connectivity index (χ2v) is 18.1. The number of hydrogen-bond donors (Lipinski definition) is 2. The first-order valence-electron chi connectivity index (χ1n) is 22.1. The first-order chi connectivity index (χ1) is 31.1. The summed E-state index contributed by atoms with van der Waals surface area (Å²) in [6, 6.07) is 13.3. The minimum absolute atomic E-state index is 0.0843. The number of esters is 1. The Balaban J connectivity index is 1.06. The van der Waals surface area contributed by atoms with Crippen molar-refractivity contribution in [2.45, 2.75) is 73.0 Å². The Morgan fingerprint density at radius 1 is 0.923 bits per heavy atom. The van der Waals surface area contributed by atoms with Gasteiger partial charge in [0.15, 0.2) is 6.61 Å². The van der Waals surface area contributed by atoms with Gasteiger partial charge in [0.25, 0.3) is 5.91 Å². The fourth-order valence-corrected chi connectivity index (χ4v) is 9.30. The predicted molar refractivity (Wildman–Crippen MR) is 252 cm³/mol. The monoisotopic (exact) mass is 901 g/mol. The van der Waals surface area contributed by atoms with E-state index in [2.05, 4.69) is 43.7 Å². The van der Waals surface area contributed by atoms with Gasteiger partial charge in [-0.25, -0.2) is 14.6 Å². The number of allylic oxidation sites excluding steroid dienone is 3. The molecule has 2 N–H and O–H groups in total. The zero-order chi connectivity index (χ0) is 46.2. The number of nitrogens with one attached hydrogen (secondary N) is 1. The number of aromatic nitrogens is 5. The van der Waals surface area contributed by atoms with Crippen LogP contribution in [0.4, 0.5) is 0 Å². The van der Waals surface area contributed by atoms with Crippen molar-refractivity contribution < 1.29 is 33.7 Å². The Hall–Kier alpha value is -6.38. The standard InChI is InChI=1S/C50H56ClN7O7/c1-30-42(31(2)55(7)54-30)43-37(51)19-18-36-35(16-12-28-63-39-17-11-14-33-13-9-8-10-15-34(33)39)47(49(62)65-50(4,5)6)58(46(36)43)27-24-56-22-25-57(26-23-56)41(59)29-64-40-21-20-38-45(44(40)48(60)61)53-32(3)52-38/h8-11,13-14,17-21H,12,15-16,22-29H2,1-7H3,(H,52,53)(H,60,61). The number of aryl methyl sites for hydroxylation is 4. The molecular weight excluding hydrogens is 846 g/mol. The molecule has 0 bridgehead atoms. The van der Waals surface area contributed by atoms with Crippen LogP contribution in [-0.4, -0.2) is 109 Å². The second kappa shape index (κ2) is 18.6. The summed E-state index contributed by atoms with van der Waals surface area (Å²) in [5, 5.41) is 16.2. The van der Waals surface area contributed by atoms with Gasteiger partial charge in [-0.2, -0.15) is 5.10 Å². The summed E-state index contributed by atoms with van der Waals surface area (Å²) >= 11 is 7.20. The number of carboxylic acid groups (broad SMARTS) is 1. The summed E-state index contributed by atoms with van der Waals surface area (Å²) < 4.78 is 22.4. The van der Waals surface area contributed by atoms with Gasteiger partial charge in [-0.1, -0.05) is 54.1 Å². The van der Waals surface area contributed by atoms with E-state index in [9.17, 15) is 19.5 Å². The molecular formula is C50H56ClN7O7. The number of amides is 1. The van der Waals surface area contributed by atoms with Crippen LogP contribution in [0, 0.1) is 20.8 Å². The topological polar surface area (TPSA) is 157 Å². The zero-order valence-corrected chi connectivity index (χ0v) is 38.8. The SMILES string of the molecule is Cc1nc2c(C(=O)O)c(OCC(=O)N3CCN(CCn4c(C(=O)OC(C)(C)C)c(CCCOc5cccc6c5CC=CC=C6)c5ccc(Cl)c(-c6c(C)nn(C)c6C)c54)CC3)ccc2[nH]1. The fourth-order valence-electron chi connectivity index (χ4n) is 9.05. The number of benzene rings is 3. The van der Waals surface area contributed by atoms with E-state index in [0.29, 0.717) is 80.8 Å². The van der Waals surface area contributed by atoms with Crippen LogP contribution in [0.15, 0.2) is 60.7 Å². The number of hydrogen-bond acceptors (Lipinski definition) is 9. The molecule has 14 nitrogen and oxygen atoms in total. The molecule has 0 saturated carbocycles. The van der Waals surface area contributed by atoms with Gasteiger partial charge in [-0.05, 0) is 96.2 Å². The molecule has 65 heavy (non-hydrogen) atoms. The number of carbonyl (C=O) groups excluding carboxylic acids is 2. The van der Waals surface area contributed by atoms with Crippen molar-refractivity contribution in [2.24, 2.45) is 7.05 Å². The third-order valence-electron chi connectivity index (χ3n) is 12.1. The molecule has 15 heteroatoms. The number of H-pyrrole nitrogens is 1. The minimum Gasteiger partial charge on any atom is -0.493 e. The molecule has 6 aromatic rings. The van der Waals surface area contributed by atoms with Crippen molar-refractivity contribution in [1.82, 2.24) is 34.1 Å². The third-order valence-corrected chi connectivity index (χ3v) is 12.5. The largest absolute Gasteiger partial charge is 0.493 e. The van der Waals surface area contributed by atoms with E-state index in [1.54, 1.807) is 24.0 Å². The van der Waals surface area contributed by atoms with Crippen LogP contribution >= 0.6 is 11.6 Å². The second-order valence-electron chi connectivity index (χ2n) is 17.7. The predicted octanol–water partition coefficient (Wildman–Crippen LogP) is 8.51. The summed E-state index contributed by atoms with van der Waals surface area (Å²) in [5.41, 5.74) is 8.03. The number of ether oxygens (including phenoxy) is 3. The number of piperazine rings is 1. The number of carboxylic acids is 1. The van der Waals surface area contributed by atoms with Crippen LogP contribution in [0.5, 0.6) is 11.5 Å². The van der Waals surface area contributed by atoms with Crippen molar-refractivity contribution >= 4 is 57.5 Å². The lowest BCUT2D eigenvalue weighted by molar-refractivity contribution is -0.135. The van der Waals surface area contributed by atoms with E-state index >= 15 is 0 Å². The van der Waals surface area contributed by atoms with Crippen molar-refractivity contribution in [1.29, 1.82) is 0 Å². The Morgan fingerprint density at radius 3 is 2.43 bits per heavy atom. The number of fused-ring (bicyclic) bond motifs is 3. The Morgan fingerprint density at radius 2 is 1.71 bits per heavy atom. The quantitative estimate of drug-likeness (QED) is 0.0803. The zero-order valence-electron chi connectivity index (χ0n) is 38.1. The molecule has 3 aromatic heterocycles. The molecule has 0 spiro atoms. The van der Waals surface area contributed by atoms with Crippen LogP contribution in [0.25, 0.3) is 39.1 Å². The van der Waals surface area contributed by atoms with E-state index in [1.807, 2.05) is 76.7 Å². The Labute approximate surface area is 383 Å². The van der Waals surface area contributed by atoms with E-state index < -0.39 is 17.5 Å². The van der Waals surface area contributed by atoms with Crippen molar-refractivity contribution in [3.63, 3.8) is 0 Å². The molecule has 0 radical (unpaired) electrons. The van der Waals surface area contributed by atoms with Crippen molar-refractivity contribution in [3.8, 4) is 22.6 Å². The van der Waals surface area contributed by atoms with Gasteiger partial charge in [0.2, 0.25) is 0 Å². The summed E-state index contributed by atoms with van der Waals surface area (Å²) in [6.45, 7) is 14.6. The average Bonchev–Trinajstić information content (AvgIpc) is 3.79. The molecule has 1 aliphatic carbocycles. The highest BCUT2D eigenvalue weighted by atomic mass is 35.5. The highest BCUT2D eigenvalue weighted by Gasteiger charge is 2.32. The molecule has 0 unspecified atom stereocenters. The van der Waals surface area contributed by atoms with Gasteiger partial charge in [0.1, 0.15) is 39.7 Å². The Bertz CT molecular complexity index is 2870. The van der Waals surface area contributed by atoms with Crippen LogP contribution in [-0.2, 0) is 36.0 Å². The van der Waals surface area contributed by atoms with Crippen LogP contribution < -0.4 is 9.47 Å². The van der Waals surface area contributed by atoms with Crippen molar-refractivity contribution in [3.05, 3.63) is 111 Å². The number of rotatable bonds is 14. The lowest BCUT2D eigenvalue weighted by Gasteiger charge is -2.35. The maximum atomic E-state index is 14.6. The van der Waals surface area contributed by atoms with E-state index in [4.69, 9.17) is 30.9 Å². The highest BCUT2D eigenvalue weighted by Crippen LogP contribution is 2.42. The van der Waals surface area contributed by atoms with Gasteiger partial charge >= 0.3 is 11.9 Å². The summed E-state index contributed by atoms with van der Waals surface area (Å²) in [7, 11) is 1.92. The molecule has 1 aliphatic heterocycles. The molecule has 2 aliphatic rings. The molecule has 1 amide bonds. The number of aromatic carboxylic acids is 1. The molecule has 1 fully saturated rings. The summed E-state index contributed by atoms with van der Waals surface area (Å²) in [5.74, 6) is -0.315. The van der Waals surface area contributed by atoms with Crippen LogP contribution in [0.2, 0.25) is 5.02 Å². The first-order valence-corrected chi connectivity index (χ1v) is 22.5. The molecule has 340 valence electrons. The smallest absolute Gasteiger partial charge is 0.355 e. The lowest BCUT2D eigenvalue weighted by atomic mass is 9.98. The van der Waals surface area contributed by atoms with E-state index in [0.717, 1.165) is 62.3 Å². The van der Waals surface area contributed by atoms with Crippen LogP contribution in [0.1, 0.15) is 81.9 Å². The number of nitrogens with zero attached hydrogens (tertiary/aromatic N) is 6. The Kier molecular flexibility index (Phi) is 12.9.